The molecule has 2 aromatic rings. The Morgan fingerprint density at radius 3 is 2.36 bits per heavy atom. The minimum atomic E-state index is -0.0684. The third kappa shape index (κ3) is 8.63. The lowest BCUT2D eigenvalue weighted by atomic mass is 9.95. The number of piperidine rings is 1. The van der Waals surface area contributed by atoms with E-state index in [1.165, 1.54) is 5.56 Å². The number of ether oxygens (including phenoxy) is 1. The lowest BCUT2D eigenvalue weighted by Crippen LogP contribution is -2.45. The van der Waals surface area contributed by atoms with Crippen molar-refractivity contribution in [2.24, 2.45) is 5.92 Å². The highest BCUT2D eigenvalue weighted by molar-refractivity contribution is 5.79. The van der Waals surface area contributed by atoms with Crippen LogP contribution in [0.3, 0.4) is 0 Å². The quantitative estimate of drug-likeness (QED) is 0.486. The van der Waals surface area contributed by atoms with E-state index >= 15 is 0 Å². The van der Waals surface area contributed by atoms with E-state index in [0.29, 0.717) is 26.3 Å². The zero-order chi connectivity index (χ0) is 23.3. The predicted molar refractivity (Wildman–Crippen MR) is 131 cm³/mol. The van der Waals surface area contributed by atoms with E-state index in [0.717, 1.165) is 44.3 Å². The number of carbonyl (C=O) groups is 2. The van der Waals surface area contributed by atoms with Crippen molar-refractivity contribution in [1.29, 1.82) is 0 Å². The molecule has 0 spiro atoms. The van der Waals surface area contributed by atoms with E-state index in [9.17, 15) is 9.59 Å². The zero-order valence-corrected chi connectivity index (χ0v) is 19.7. The van der Waals surface area contributed by atoms with Crippen LogP contribution in [0.5, 0.6) is 0 Å². The number of amides is 2. The number of carbonyl (C=O) groups excluding carboxylic acids is 2. The van der Waals surface area contributed by atoms with Gasteiger partial charge in [0.25, 0.3) is 0 Å². The molecule has 1 saturated heterocycles. The van der Waals surface area contributed by atoms with Crippen molar-refractivity contribution in [3.8, 4) is 0 Å². The molecule has 178 valence electrons. The first kappa shape index (κ1) is 24.9. The summed E-state index contributed by atoms with van der Waals surface area (Å²) in [6, 6.07) is 20.3. The second-order valence-electron chi connectivity index (χ2n) is 8.61. The molecule has 1 heterocycles. The van der Waals surface area contributed by atoms with Gasteiger partial charge in [0.1, 0.15) is 0 Å². The van der Waals surface area contributed by atoms with E-state index in [1.54, 1.807) is 0 Å². The van der Waals surface area contributed by atoms with Crippen LogP contribution in [0.1, 0.15) is 43.4 Å². The molecule has 6 nitrogen and oxygen atoms in total. The SMILES string of the molecule is CCOCCCNC(=O)C1CCN(CC(=O)NC(Cc2ccccc2)c2ccccc2)CC1. The first-order valence-electron chi connectivity index (χ1n) is 12.1. The Kier molecular flexibility index (Phi) is 10.4. The van der Waals surface area contributed by atoms with Crippen molar-refractivity contribution in [3.05, 3.63) is 71.8 Å². The summed E-state index contributed by atoms with van der Waals surface area (Å²) in [7, 11) is 0. The molecule has 1 atom stereocenters. The minimum absolute atomic E-state index is 0.0265. The number of likely N-dealkylation sites (tertiary alicyclic amines) is 1. The van der Waals surface area contributed by atoms with Crippen molar-refractivity contribution in [2.75, 3.05) is 39.4 Å². The van der Waals surface area contributed by atoms with Gasteiger partial charge in [0.2, 0.25) is 11.8 Å². The van der Waals surface area contributed by atoms with Gasteiger partial charge in [0, 0.05) is 25.7 Å². The molecule has 1 fully saturated rings. The maximum absolute atomic E-state index is 12.9. The van der Waals surface area contributed by atoms with Crippen LogP contribution in [0.15, 0.2) is 60.7 Å². The highest BCUT2D eigenvalue weighted by atomic mass is 16.5. The molecule has 3 rings (SSSR count). The molecule has 1 unspecified atom stereocenters. The molecular formula is C27H37N3O3. The molecule has 2 amide bonds. The van der Waals surface area contributed by atoms with Gasteiger partial charge in [-0.05, 0) is 56.8 Å². The molecule has 33 heavy (non-hydrogen) atoms. The summed E-state index contributed by atoms with van der Waals surface area (Å²) in [6.45, 7) is 5.90. The molecule has 1 aliphatic heterocycles. The normalized spacial score (nSPS) is 15.7. The van der Waals surface area contributed by atoms with Crippen LogP contribution in [0.2, 0.25) is 0 Å². The van der Waals surface area contributed by atoms with Gasteiger partial charge in [0.15, 0.2) is 0 Å². The highest BCUT2D eigenvalue weighted by Gasteiger charge is 2.26. The molecule has 0 bridgehead atoms. The smallest absolute Gasteiger partial charge is 0.234 e. The van der Waals surface area contributed by atoms with Gasteiger partial charge in [-0.2, -0.15) is 0 Å². The van der Waals surface area contributed by atoms with Crippen LogP contribution in [-0.2, 0) is 20.7 Å². The van der Waals surface area contributed by atoms with Crippen molar-refractivity contribution < 1.29 is 14.3 Å². The average Bonchev–Trinajstić information content (AvgIpc) is 2.85. The van der Waals surface area contributed by atoms with Crippen LogP contribution < -0.4 is 10.6 Å². The Morgan fingerprint density at radius 1 is 1.03 bits per heavy atom. The lowest BCUT2D eigenvalue weighted by Gasteiger charge is -2.31. The predicted octanol–water partition coefficient (Wildman–Crippen LogP) is 3.34. The molecule has 0 aliphatic carbocycles. The number of hydrogen-bond acceptors (Lipinski definition) is 4. The fourth-order valence-corrected chi connectivity index (χ4v) is 4.26. The first-order valence-corrected chi connectivity index (χ1v) is 12.1. The van der Waals surface area contributed by atoms with E-state index < -0.39 is 0 Å². The van der Waals surface area contributed by atoms with Crippen LogP contribution in [0, 0.1) is 5.92 Å². The summed E-state index contributed by atoms with van der Waals surface area (Å²) in [4.78, 5) is 27.4. The number of nitrogens with zero attached hydrogens (tertiary/aromatic N) is 1. The Morgan fingerprint density at radius 2 is 1.70 bits per heavy atom. The molecular weight excluding hydrogens is 414 g/mol. The summed E-state index contributed by atoms with van der Waals surface area (Å²) < 4.78 is 5.30. The van der Waals surface area contributed by atoms with Crippen molar-refractivity contribution in [1.82, 2.24) is 15.5 Å². The van der Waals surface area contributed by atoms with Crippen LogP contribution in [0.25, 0.3) is 0 Å². The molecule has 2 N–H and O–H groups in total. The third-order valence-corrected chi connectivity index (χ3v) is 6.11. The van der Waals surface area contributed by atoms with Crippen molar-refractivity contribution in [2.45, 2.75) is 38.6 Å². The molecule has 6 heteroatoms. The number of hydrogen-bond donors (Lipinski definition) is 2. The molecule has 0 radical (unpaired) electrons. The van der Waals surface area contributed by atoms with Gasteiger partial charge in [0.05, 0.1) is 12.6 Å². The van der Waals surface area contributed by atoms with Gasteiger partial charge >= 0.3 is 0 Å². The van der Waals surface area contributed by atoms with Crippen molar-refractivity contribution in [3.63, 3.8) is 0 Å². The average molecular weight is 452 g/mol. The van der Waals surface area contributed by atoms with Gasteiger partial charge < -0.3 is 15.4 Å². The summed E-state index contributed by atoms with van der Waals surface area (Å²) >= 11 is 0. The van der Waals surface area contributed by atoms with E-state index in [2.05, 4.69) is 39.8 Å². The second-order valence-corrected chi connectivity index (χ2v) is 8.61. The summed E-state index contributed by atoms with van der Waals surface area (Å²) in [5.74, 6) is 0.188. The number of benzene rings is 2. The summed E-state index contributed by atoms with van der Waals surface area (Å²) in [6.07, 6.45) is 3.17. The van der Waals surface area contributed by atoms with Crippen molar-refractivity contribution >= 4 is 11.8 Å². The maximum Gasteiger partial charge on any atom is 0.234 e. The van der Waals surface area contributed by atoms with Gasteiger partial charge in [-0.3, -0.25) is 14.5 Å². The van der Waals surface area contributed by atoms with Gasteiger partial charge in [-0.1, -0.05) is 60.7 Å². The monoisotopic (exact) mass is 451 g/mol. The van der Waals surface area contributed by atoms with Gasteiger partial charge in [-0.25, -0.2) is 0 Å². The van der Waals surface area contributed by atoms with E-state index in [4.69, 9.17) is 4.74 Å². The summed E-state index contributed by atoms with van der Waals surface area (Å²) in [5, 5.41) is 6.25. The van der Waals surface area contributed by atoms with Gasteiger partial charge in [-0.15, -0.1) is 0 Å². The molecule has 0 saturated carbocycles. The first-order chi connectivity index (χ1) is 16.2. The topological polar surface area (TPSA) is 70.7 Å². The van der Waals surface area contributed by atoms with Crippen LogP contribution in [0.4, 0.5) is 0 Å². The molecule has 2 aromatic carbocycles. The Balaban J connectivity index is 1.45. The Hall–Kier alpha value is -2.70. The van der Waals surface area contributed by atoms with Crippen LogP contribution in [-0.4, -0.2) is 56.1 Å². The second kappa shape index (κ2) is 13.8. The third-order valence-electron chi connectivity index (χ3n) is 6.11. The maximum atomic E-state index is 12.9. The Bertz CT molecular complexity index is 836. The Labute approximate surface area is 197 Å². The highest BCUT2D eigenvalue weighted by Crippen LogP contribution is 2.20. The lowest BCUT2D eigenvalue weighted by molar-refractivity contribution is -0.127. The largest absolute Gasteiger partial charge is 0.382 e. The van der Waals surface area contributed by atoms with E-state index in [-0.39, 0.29) is 23.8 Å². The fraction of sp³-hybridized carbons (Fsp3) is 0.481. The molecule has 0 aromatic heterocycles. The fourth-order valence-electron chi connectivity index (χ4n) is 4.26. The van der Waals surface area contributed by atoms with Crippen LogP contribution >= 0.6 is 0 Å². The summed E-state index contributed by atoms with van der Waals surface area (Å²) in [5.41, 5.74) is 2.30. The number of rotatable bonds is 12. The standard InChI is InChI=1S/C27H37N3O3/c1-2-33-19-9-16-28-27(32)24-14-17-30(18-15-24)21-26(31)29-25(23-12-7-4-8-13-23)20-22-10-5-3-6-11-22/h3-8,10-13,24-25H,2,9,14-21H2,1H3,(H,28,32)(H,29,31). The minimum Gasteiger partial charge on any atom is -0.382 e. The molecule has 1 aliphatic rings. The van der Waals surface area contributed by atoms with E-state index in [1.807, 2.05) is 43.3 Å². The zero-order valence-electron chi connectivity index (χ0n) is 19.7. The number of nitrogens with one attached hydrogen (secondary N) is 2.